The topological polar surface area (TPSA) is 98.7 Å². The molecule has 178 valence electrons. The van der Waals surface area contributed by atoms with Gasteiger partial charge in [-0.25, -0.2) is 0 Å². The van der Waals surface area contributed by atoms with Crippen LogP contribution >= 0.6 is 15.9 Å². The quantitative estimate of drug-likeness (QED) is 0.354. The van der Waals surface area contributed by atoms with E-state index in [0.717, 1.165) is 38.2 Å². The summed E-state index contributed by atoms with van der Waals surface area (Å²) in [4.78, 5) is 37.2. The molecule has 35 heavy (non-hydrogen) atoms. The Morgan fingerprint density at radius 2 is 1.71 bits per heavy atom. The zero-order valence-corrected chi connectivity index (χ0v) is 20.8. The summed E-state index contributed by atoms with van der Waals surface area (Å²) in [5, 5.41) is 15.3. The zero-order valence-electron chi connectivity index (χ0n) is 19.3. The van der Waals surface area contributed by atoms with Crippen molar-refractivity contribution in [1.29, 1.82) is 0 Å². The van der Waals surface area contributed by atoms with Crippen LogP contribution in [0.25, 0.3) is 11.3 Å². The molecule has 2 amide bonds. The molecule has 0 aliphatic carbocycles. The molecular formula is C27H24BrN3O4. The molecule has 1 aliphatic heterocycles. The van der Waals surface area contributed by atoms with Gasteiger partial charge in [-0.05, 0) is 53.9 Å². The van der Waals surface area contributed by atoms with Gasteiger partial charge >= 0.3 is 5.97 Å². The van der Waals surface area contributed by atoms with Crippen molar-refractivity contribution in [2.75, 3.05) is 22.6 Å². The standard InChI is InChI=1S/C27H24BrN3O4/c1-16(32)31(2)21-11-9-20(10-12-21)29-26(18-6-3-17(4-7-18)5-14-24(33)34)25-22-13-8-19(28)15-23(22)30-27(25)35/h3-4,6-13,15,29H,5,14H2,1-2H3,(H,30,35)(H,33,34). The minimum absolute atomic E-state index is 0.0528. The molecule has 0 fully saturated rings. The number of carbonyl (C=O) groups is 3. The molecule has 3 aromatic rings. The first-order valence-corrected chi connectivity index (χ1v) is 11.8. The van der Waals surface area contributed by atoms with Crippen LogP contribution in [0.15, 0.2) is 71.2 Å². The SMILES string of the molecule is CC(=O)N(C)c1ccc(NC(=C2C(=O)Nc3cc(Br)ccc32)c2ccc(CCC(=O)O)cc2)cc1. The highest BCUT2D eigenvalue weighted by Gasteiger charge is 2.28. The largest absolute Gasteiger partial charge is 0.481 e. The van der Waals surface area contributed by atoms with Gasteiger partial charge in [0, 0.05) is 41.8 Å². The summed E-state index contributed by atoms with van der Waals surface area (Å²) in [5.74, 6) is -1.13. The Morgan fingerprint density at radius 1 is 1.03 bits per heavy atom. The number of benzene rings is 3. The van der Waals surface area contributed by atoms with Gasteiger partial charge in [-0.15, -0.1) is 0 Å². The summed E-state index contributed by atoms with van der Waals surface area (Å²) in [6.07, 6.45) is 0.481. The fraction of sp³-hybridized carbons (Fsp3) is 0.148. The van der Waals surface area contributed by atoms with Crippen molar-refractivity contribution in [3.05, 3.63) is 87.9 Å². The lowest BCUT2D eigenvalue weighted by atomic mass is 9.98. The molecule has 1 heterocycles. The van der Waals surface area contributed by atoms with Gasteiger partial charge in [-0.2, -0.15) is 0 Å². The first-order valence-electron chi connectivity index (χ1n) is 11.0. The van der Waals surface area contributed by atoms with Gasteiger partial charge in [0.1, 0.15) is 0 Å². The van der Waals surface area contributed by atoms with Crippen molar-refractivity contribution in [2.24, 2.45) is 0 Å². The second-order valence-corrected chi connectivity index (χ2v) is 9.15. The number of nitrogens with one attached hydrogen (secondary N) is 2. The van der Waals surface area contributed by atoms with Crippen LogP contribution in [0.2, 0.25) is 0 Å². The smallest absolute Gasteiger partial charge is 0.303 e. The maximum Gasteiger partial charge on any atom is 0.303 e. The van der Waals surface area contributed by atoms with Gasteiger partial charge in [-0.1, -0.05) is 46.3 Å². The third-order valence-electron chi connectivity index (χ3n) is 5.84. The number of aryl methyl sites for hydroxylation is 1. The number of carboxylic acid groups (broad SMARTS) is 1. The van der Waals surface area contributed by atoms with Crippen LogP contribution in [0.5, 0.6) is 0 Å². The van der Waals surface area contributed by atoms with Crippen molar-refractivity contribution in [1.82, 2.24) is 0 Å². The second-order valence-electron chi connectivity index (χ2n) is 8.23. The fourth-order valence-electron chi connectivity index (χ4n) is 3.86. The predicted octanol–water partition coefficient (Wildman–Crippen LogP) is 5.38. The number of amides is 2. The van der Waals surface area contributed by atoms with E-state index < -0.39 is 5.97 Å². The summed E-state index contributed by atoms with van der Waals surface area (Å²) in [5.41, 5.74) is 5.83. The Morgan fingerprint density at radius 3 is 2.34 bits per heavy atom. The molecule has 0 bridgehead atoms. The Hall–Kier alpha value is -3.91. The van der Waals surface area contributed by atoms with E-state index in [2.05, 4.69) is 26.6 Å². The first-order chi connectivity index (χ1) is 16.7. The lowest BCUT2D eigenvalue weighted by Gasteiger charge is -2.18. The van der Waals surface area contributed by atoms with E-state index in [9.17, 15) is 14.4 Å². The molecule has 0 radical (unpaired) electrons. The Kier molecular flexibility index (Phi) is 7.02. The number of halogens is 1. The fourth-order valence-corrected chi connectivity index (χ4v) is 4.22. The van der Waals surface area contributed by atoms with Crippen molar-refractivity contribution in [3.63, 3.8) is 0 Å². The highest BCUT2D eigenvalue weighted by atomic mass is 79.9. The maximum atomic E-state index is 13.1. The van der Waals surface area contributed by atoms with Gasteiger partial charge in [-0.3, -0.25) is 14.4 Å². The summed E-state index contributed by atoms with van der Waals surface area (Å²) in [6, 6.07) is 20.5. The van der Waals surface area contributed by atoms with E-state index >= 15 is 0 Å². The summed E-state index contributed by atoms with van der Waals surface area (Å²) in [7, 11) is 1.71. The molecule has 0 saturated carbocycles. The molecule has 0 aromatic heterocycles. The summed E-state index contributed by atoms with van der Waals surface area (Å²) in [6.45, 7) is 1.50. The van der Waals surface area contributed by atoms with Gasteiger partial charge < -0.3 is 20.6 Å². The average molecular weight is 534 g/mol. The normalized spacial score (nSPS) is 13.6. The Labute approximate surface area is 211 Å². The number of carboxylic acids is 1. The summed E-state index contributed by atoms with van der Waals surface area (Å²) < 4.78 is 0.861. The highest BCUT2D eigenvalue weighted by molar-refractivity contribution is 9.10. The average Bonchev–Trinajstić information content (AvgIpc) is 3.16. The van der Waals surface area contributed by atoms with Crippen molar-refractivity contribution >= 4 is 62.0 Å². The Bertz CT molecular complexity index is 1330. The third-order valence-corrected chi connectivity index (χ3v) is 6.34. The molecule has 8 heteroatoms. The number of hydrogen-bond donors (Lipinski definition) is 3. The van der Waals surface area contributed by atoms with E-state index in [0.29, 0.717) is 17.7 Å². The zero-order chi connectivity index (χ0) is 25.1. The highest BCUT2D eigenvalue weighted by Crippen LogP contribution is 2.39. The molecule has 0 unspecified atom stereocenters. The van der Waals surface area contributed by atoms with Crippen LogP contribution in [-0.2, 0) is 20.8 Å². The first kappa shape index (κ1) is 24.2. The minimum Gasteiger partial charge on any atom is -0.481 e. The van der Waals surface area contributed by atoms with Crippen LogP contribution in [0.4, 0.5) is 17.1 Å². The van der Waals surface area contributed by atoms with Crippen LogP contribution in [0.3, 0.4) is 0 Å². The molecule has 1 aliphatic rings. The molecule has 4 rings (SSSR count). The number of nitrogens with zero attached hydrogens (tertiary/aromatic N) is 1. The van der Waals surface area contributed by atoms with E-state index in [1.807, 2.05) is 66.7 Å². The molecule has 7 nitrogen and oxygen atoms in total. The van der Waals surface area contributed by atoms with Crippen LogP contribution < -0.4 is 15.5 Å². The number of fused-ring (bicyclic) bond motifs is 1. The molecule has 0 spiro atoms. The van der Waals surface area contributed by atoms with E-state index in [1.165, 1.54) is 6.92 Å². The monoisotopic (exact) mass is 533 g/mol. The lowest BCUT2D eigenvalue weighted by molar-refractivity contribution is -0.137. The Balaban J connectivity index is 1.75. The molecule has 0 atom stereocenters. The van der Waals surface area contributed by atoms with Crippen molar-refractivity contribution in [2.45, 2.75) is 19.8 Å². The molecule has 3 N–H and O–H groups in total. The molecule has 0 saturated heterocycles. The maximum absolute atomic E-state index is 13.1. The number of hydrogen-bond acceptors (Lipinski definition) is 4. The summed E-state index contributed by atoms with van der Waals surface area (Å²) >= 11 is 3.45. The van der Waals surface area contributed by atoms with Gasteiger partial charge in [0.15, 0.2) is 0 Å². The van der Waals surface area contributed by atoms with Crippen LogP contribution in [0, 0.1) is 0 Å². The van der Waals surface area contributed by atoms with E-state index in [-0.39, 0.29) is 18.2 Å². The lowest BCUT2D eigenvalue weighted by Crippen LogP contribution is -2.22. The van der Waals surface area contributed by atoms with Gasteiger partial charge in [0.2, 0.25) is 5.91 Å². The predicted molar refractivity (Wildman–Crippen MR) is 141 cm³/mol. The van der Waals surface area contributed by atoms with E-state index in [4.69, 9.17) is 5.11 Å². The van der Waals surface area contributed by atoms with Crippen molar-refractivity contribution < 1.29 is 19.5 Å². The molecule has 3 aromatic carbocycles. The van der Waals surface area contributed by atoms with Gasteiger partial charge in [0.05, 0.1) is 17.0 Å². The second kappa shape index (κ2) is 10.1. The van der Waals surface area contributed by atoms with Crippen molar-refractivity contribution in [3.8, 4) is 0 Å². The third kappa shape index (κ3) is 5.44. The van der Waals surface area contributed by atoms with Crippen LogP contribution in [0.1, 0.15) is 30.0 Å². The molecular weight excluding hydrogens is 510 g/mol. The van der Waals surface area contributed by atoms with E-state index in [1.54, 1.807) is 11.9 Å². The number of aliphatic carboxylic acids is 1. The minimum atomic E-state index is -0.845. The number of rotatable bonds is 7. The van der Waals surface area contributed by atoms with Crippen LogP contribution in [-0.4, -0.2) is 29.9 Å². The van der Waals surface area contributed by atoms with Gasteiger partial charge in [0.25, 0.3) is 5.91 Å². The number of anilines is 3. The number of carbonyl (C=O) groups excluding carboxylic acids is 2.